The van der Waals surface area contributed by atoms with Gasteiger partial charge in [-0.3, -0.25) is 14.6 Å². The van der Waals surface area contributed by atoms with Crippen molar-refractivity contribution in [1.82, 2.24) is 5.43 Å². The van der Waals surface area contributed by atoms with Gasteiger partial charge in [0.15, 0.2) is 5.84 Å². The fourth-order valence-corrected chi connectivity index (χ4v) is 2.98. The van der Waals surface area contributed by atoms with Crippen LogP contribution < -0.4 is 15.5 Å². The SMILES string of the molecule is COc1ccc2c(c1)C(c1ccc(Cl)cc1)=N[C@@H](CC(=O)O)C(=NNC(C)=O)N2. The zero-order valence-corrected chi connectivity index (χ0v) is 16.5. The van der Waals surface area contributed by atoms with Gasteiger partial charge in [-0.05, 0) is 30.3 Å². The molecule has 0 fully saturated rings. The fraction of sp³-hybridized carbons (Fsp3) is 0.200. The molecule has 29 heavy (non-hydrogen) atoms. The summed E-state index contributed by atoms with van der Waals surface area (Å²) in [6.45, 7) is 1.31. The van der Waals surface area contributed by atoms with Crippen LogP contribution in [0.5, 0.6) is 5.75 Å². The van der Waals surface area contributed by atoms with E-state index in [-0.39, 0.29) is 18.2 Å². The number of ether oxygens (including phenoxy) is 1. The molecule has 3 N–H and O–H groups in total. The van der Waals surface area contributed by atoms with Gasteiger partial charge in [-0.15, -0.1) is 0 Å². The molecule has 9 heteroatoms. The highest BCUT2D eigenvalue weighted by atomic mass is 35.5. The molecule has 2 aromatic carbocycles. The summed E-state index contributed by atoms with van der Waals surface area (Å²) < 4.78 is 5.34. The summed E-state index contributed by atoms with van der Waals surface area (Å²) in [7, 11) is 1.56. The Hall–Kier alpha value is -3.39. The molecular formula is C20H19ClN4O4. The van der Waals surface area contributed by atoms with Gasteiger partial charge >= 0.3 is 5.97 Å². The molecule has 1 amide bonds. The van der Waals surface area contributed by atoms with Crippen LogP contribution in [0.3, 0.4) is 0 Å². The zero-order valence-electron chi connectivity index (χ0n) is 15.8. The van der Waals surface area contributed by atoms with Crippen molar-refractivity contribution in [1.29, 1.82) is 0 Å². The standard InChI is InChI=1S/C20H19ClN4O4/c1-11(26)24-25-20-17(10-18(27)28)22-19(12-3-5-13(21)6-4-12)15-9-14(29-2)7-8-16(15)23-20/h3-9,17H,10H2,1-2H3,(H,23,25)(H,24,26)(H,27,28)/t17-/m0/s1. The minimum atomic E-state index is -1.05. The molecule has 3 rings (SSSR count). The van der Waals surface area contributed by atoms with Gasteiger partial charge in [0.05, 0.1) is 19.2 Å². The molecule has 0 aliphatic carbocycles. The molecule has 1 atom stereocenters. The van der Waals surface area contributed by atoms with Crippen molar-refractivity contribution in [3.63, 3.8) is 0 Å². The minimum absolute atomic E-state index is 0.220. The number of carbonyl (C=O) groups excluding carboxylic acids is 1. The van der Waals surface area contributed by atoms with Crippen molar-refractivity contribution < 1.29 is 19.4 Å². The first-order valence-corrected chi connectivity index (χ1v) is 9.10. The smallest absolute Gasteiger partial charge is 0.306 e. The first-order chi connectivity index (χ1) is 13.9. The quantitative estimate of drug-likeness (QED) is 0.651. The van der Waals surface area contributed by atoms with E-state index in [1.165, 1.54) is 6.92 Å². The summed E-state index contributed by atoms with van der Waals surface area (Å²) in [4.78, 5) is 27.5. The van der Waals surface area contributed by atoms with Gasteiger partial charge in [-0.1, -0.05) is 23.7 Å². The maximum absolute atomic E-state index is 11.4. The van der Waals surface area contributed by atoms with E-state index in [0.29, 0.717) is 27.7 Å². The lowest BCUT2D eigenvalue weighted by molar-refractivity contribution is -0.137. The molecule has 0 saturated carbocycles. The van der Waals surface area contributed by atoms with Crippen LogP contribution in [0.1, 0.15) is 24.5 Å². The Bertz CT molecular complexity index is 1000. The number of halogens is 1. The Morgan fingerprint density at radius 1 is 1.28 bits per heavy atom. The molecule has 8 nitrogen and oxygen atoms in total. The van der Waals surface area contributed by atoms with Crippen LogP contribution in [0.4, 0.5) is 5.69 Å². The van der Waals surface area contributed by atoms with Crippen LogP contribution >= 0.6 is 11.6 Å². The molecule has 0 unspecified atom stereocenters. The Morgan fingerprint density at radius 2 is 2.00 bits per heavy atom. The topological polar surface area (TPSA) is 112 Å². The van der Waals surface area contributed by atoms with Gasteiger partial charge in [-0.25, -0.2) is 5.43 Å². The van der Waals surface area contributed by atoms with E-state index in [0.717, 1.165) is 5.56 Å². The first kappa shape index (κ1) is 20.3. The number of amides is 1. The van der Waals surface area contributed by atoms with Crippen LogP contribution in [0.25, 0.3) is 0 Å². The van der Waals surface area contributed by atoms with Crippen molar-refractivity contribution >= 4 is 40.7 Å². The maximum Gasteiger partial charge on any atom is 0.306 e. The van der Waals surface area contributed by atoms with Crippen LogP contribution in [0.15, 0.2) is 52.6 Å². The number of nitrogens with zero attached hydrogens (tertiary/aromatic N) is 2. The molecule has 150 valence electrons. The van der Waals surface area contributed by atoms with Crippen LogP contribution in [0.2, 0.25) is 5.02 Å². The number of aliphatic carboxylic acids is 1. The number of benzene rings is 2. The van der Waals surface area contributed by atoms with E-state index in [1.807, 2.05) is 0 Å². The molecule has 1 aliphatic heterocycles. The average Bonchev–Trinajstić information content (AvgIpc) is 2.83. The molecule has 0 spiro atoms. The zero-order chi connectivity index (χ0) is 21.0. The number of anilines is 1. The van der Waals surface area contributed by atoms with E-state index in [2.05, 4.69) is 20.8 Å². The summed E-state index contributed by atoms with van der Waals surface area (Å²) in [5.41, 5.74) is 5.01. The third-order valence-corrected chi connectivity index (χ3v) is 4.42. The van der Waals surface area contributed by atoms with Gasteiger partial charge in [0.25, 0.3) is 0 Å². The Kier molecular flexibility index (Phi) is 6.13. The lowest BCUT2D eigenvalue weighted by atomic mass is 10.00. The maximum atomic E-state index is 11.4. The number of carboxylic acid groups (broad SMARTS) is 1. The average molecular weight is 415 g/mol. The largest absolute Gasteiger partial charge is 0.497 e. The van der Waals surface area contributed by atoms with Gasteiger partial charge < -0.3 is 15.2 Å². The number of methoxy groups -OCH3 is 1. The Morgan fingerprint density at radius 3 is 2.62 bits per heavy atom. The molecule has 2 aromatic rings. The number of fused-ring (bicyclic) bond motifs is 1. The highest BCUT2D eigenvalue weighted by Gasteiger charge is 2.27. The molecule has 0 saturated heterocycles. The highest BCUT2D eigenvalue weighted by Crippen LogP contribution is 2.29. The predicted octanol–water partition coefficient (Wildman–Crippen LogP) is 2.90. The van der Waals surface area contributed by atoms with E-state index >= 15 is 0 Å². The number of carboxylic acids is 1. The normalized spacial score (nSPS) is 16.9. The number of hydrogen-bond acceptors (Lipinski definition) is 5. The number of amidine groups is 1. The first-order valence-electron chi connectivity index (χ1n) is 8.72. The van der Waals surface area contributed by atoms with E-state index in [1.54, 1.807) is 49.6 Å². The van der Waals surface area contributed by atoms with Crippen molar-refractivity contribution in [2.24, 2.45) is 10.1 Å². The third kappa shape index (κ3) is 4.91. The van der Waals surface area contributed by atoms with Crippen molar-refractivity contribution in [3.8, 4) is 5.75 Å². The van der Waals surface area contributed by atoms with Gasteiger partial charge in [0, 0.05) is 28.8 Å². The number of benzodiazepines with no additional fused rings is 1. The second-order valence-corrected chi connectivity index (χ2v) is 6.74. The monoisotopic (exact) mass is 414 g/mol. The third-order valence-electron chi connectivity index (χ3n) is 4.16. The number of hydrogen-bond donors (Lipinski definition) is 3. The number of nitrogens with one attached hydrogen (secondary N) is 2. The van der Waals surface area contributed by atoms with Gasteiger partial charge in [-0.2, -0.15) is 5.10 Å². The van der Waals surface area contributed by atoms with E-state index < -0.39 is 12.0 Å². The Labute approximate surface area is 172 Å². The molecule has 1 heterocycles. The Balaban J connectivity index is 2.20. The second-order valence-electron chi connectivity index (χ2n) is 6.30. The highest BCUT2D eigenvalue weighted by molar-refractivity contribution is 6.31. The number of hydrazone groups is 1. The summed E-state index contributed by atoms with van der Waals surface area (Å²) in [6, 6.07) is 11.6. The molecule has 0 bridgehead atoms. The van der Waals surface area contributed by atoms with E-state index in [4.69, 9.17) is 16.3 Å². The number of carbonyl (C=O) groups is 2. The van der Waals surface area contributed by atoms with Gasteiger partial charge in [0.1, 0.15) is 11.8 Å². The number of aliphatic imine (C=N–C) groups is 1. The molecular weight excluding hydrogens is 396 g/mol. The van der Waals surface area contributed by atoms with Crippen LogP contribution in [-0.2, 0) is 9.59 Å². The molecule has 1 aliphatic rings. The predicted molar refractivity (Wildman–Crippen MR) is 111 cm³/mol. The second kappa shape index (κ2) is 8.74. The van der Waals surface area contributed by atoms with Crippen molar-refractivity contribution in [3.05, 3.63) is 58.6 Å². The molecule has 0 aromatic heterocycles. The van der Waals surface area contributed by atoms with Crippen LogP contribution in [-0.4, -0.2) is 41.7 Å². The lowest BCUT2D eigenvalue weighted by Crippen LogP contribution is -2.31. The summed E-state index contributed by atoms with van der Waals surface area (Å²) >= 11 is 6.01. The summed E-state index contributed by atoms with van der Waals surface area (Å²) in [5, 5.41) is 17.1. The van der Waals surface area contributed by atoms with Crippen molar-refractivity contribution in [2.75, 3.05) is 12.4 Å². The van der Waals surface area contributed by atoms with Crippen LogP contribution in [0, 0.1) is 0 Å². The summed E-state index contributed by atoms with van der Waals surface area (Å²) in [6.07, 6.45) is -0.312. The minimum Gasteiger partial charge on any atom is -0.497 e. The van der Waals surface area contributed by atoms with E-state index in [9.17, 15) is 14.7 Å². The van der Waals surface area contributed by atoms with Crippen molar-refractivity contribution in [2.45, 2.75) is 19.4 Å². The lowest BCUT2D eigenvalue weighted by Gasteiger charge is -2.14. The fourth-order valence-electron chi connectivity index (χ4n) is 2.85. The molecule has 0 radical (unpaired) electrons. The summed E-state index contributed by atoms with van der Waals surface area (Å²) in [5.74, 6) is -0.591. The number of rotatable bonds is 5. The van der Waals surface area contributed by atoms with Gasteiger partial charge in [0.2, 0.25) is 5.91 Å².